The number of aryl methyl sites for hydroxylation is 2. The molecule has 1 aromatic carbocycles. The number of carboxylic acids is 1. The van der Waals surface area contributed by atoms with Crippen LogP contribution >= 0.6 is 0 Å². The van der Waals surface area contributed by atoms with E-state index in [-0.39, 0.29) is 42.7 Å². The van der Waals surface area contributed by atoms with Crippen molar-refractivity contribution in [2.75, 3.05) is 0 Å². The number of carbonyl (C=O) groups excluding carboxylic acids is 1. The summed E-state index contributed by atoms with van der Waals surface area (Å²) in [7, 11) is 0. The number of hydrogen-bond acceptors (Lipinski definition) is 6. The van der Waals surface area contributed by atoms with E-state index in [1.54, 1.807) is 0 Å². The lowest BCUT2D eigenvalue weighted by Gasteiger charge is -2.42. The summed E-state index contributed by atoms with van der Waals surface area (Å²) in [4.78, 5) is 24.1. The average Bonchev–Trinajstić information content (AvgIpc) is 2.83. The molecule has 7 nitrogen and oxygen atoms in total. The highest BCUT2D eigenvalue weighted by Crippen LogP contribution is 2.44. The number of aliphatic carboxylic acids is 1. The van der Waals surface area contributed by atoms with Crippen LogP contribution in [0.5, 0.6) is 5.75 Å². The molecule has 2 aliphatic rings. The second-order valence-corrected chi connectivity index (χ2v) is 10.6. The second kappa shape index (κ2) is 13.2. The summed E-state index contributed by atoms with van der Waals surface area (Å²) in [5, 5.41) is 29.2. The molecular weight excluding hydrogens is 472 g/mol. The van der Waals surface area contributed by atoms with Gasteiger partial charge in [-0.15, -0.1) is 0 Å². The van der Waals surface area contributed by atoms with Crippen LogP contribution in [0.4, 0.5) is 0 Å². The Balaban J connectivity index is 1.69. The third-order valence-electron chi connectivity index (χ3n) is 7.70. The van der Waals surface area contributed by atoms with E-state index in [4.69, 9.17) is 14.6 Å². The molecule has 0 heterocycles. The number of hydrogen-bond donors (Lipinski definition) is 3. The molecule has 2 aliphatic carbocycles. The molecule has 37 heavy (non-hydrogen) atoms. The van der Waals surface area contributed by atoms with Crippen LogP contribution in [0, 0.1) is 31.6 Å². The predicted molar refractivity (Wildman–Crippen MR) is 141 cm³/mol. The van der Waals surface area contributed by atoms with Gasteiger partial charge in [0.15, 0.2) is 6.10 Å². The van der Waals surface area contributed by atoms with Crippen molar-refractivity contribution in [2.45, 2.75) is 97.1 Å². The number of carboxylic acid groups (broad SMARTS) is 1. The number of esters is 1. The number of rotatable bonds is 12. The Morgan fingerprint density at radius 2 is 1.84 bits per heavy atom. The van der Waals surface area contributed by atoms with Crippen molar-refractivity contribution in [1.29, 1.82) is 0 Å². The third kappa shape index (κ3) is 7.68. The second-order valence-electron chi connectivity index (χ2n) is 10.6. The molecule has 0 bridgehead atoms. The predicted octanol–water partition coefficient (Wildman–Crippen LogP) is 4.90. The largest absolute Gasteiger partial charge is 0.481 e. The number of carbonyl (C=O) groups is 2. The summed E-state index contributed by atoms with van der Waals surface area (Å²) in [5.41, 5.74) is 3.12. The zero-order valence-corrected chi connectivity index (χ0v) is 22.4. The van der Waals surface area contributed by atoms with Gasteiger partial charge in [-0.25, -0.2) is 4.79 Å². The van der Waals surface area contributed by atoms with Crippen LogP contribution in [0.3, 0.4) is 0 Å². The first kappa shape index (κ1) is 28.9. The number of fused-ring (bicyclic) bond motifs is 1. The van der Waals surface area contributed by atoms with Crippen molar-refractivity contribution in [2.24, 2.45) is 17.8 Å². The molecule has 7 unspecified atom stereocenters. The summed E-state index contributed by atoms with van der Waals surface area (Å²) in [6.07, 6.45) is 6.50. The van der Waals surface area contributed by atoms with Crippen molar-refractivity contribution >= 4 is 11.9 Å². The number of benzene rings is 1. The highest BCUT2D eigenvalue weighted by Gasteiger charge is 2.41. The van der Waals surface area contributed by atoms with Crippen molar-refractivity contribution in [3.05, 3.63) is 53.1 Å². The van der Waals surface area contributed by atoms with Gasteiger partial charge in [0.05, 0.1) is 18.6 Å². The van der Waals surface area contributed by atoms with Gasteiger partial charge in [0.1, 0.15) is 11.9 Å². The van der Waals surface area contributed by atoms with Crippen LogP contribution < -0.4 is 4.74 Å². The topological polar surface area (TPSA) is 113 Å². The summed E-state index contributed by atoms with van der Waals surface area (Å²) in [5.74, 6) is -0.313. The molecule has 0 amide bonds. The molecule has 3 rings (SSSR count). The first-order valence-electron chi connectivity index (χ1n) is 13.5. The van der Waals surface area contributed by atoms with Gasteiger partial charge in [0, 0.05) is 5.92 Å². The lowest BCUT2D eigenvalue weighted by atomic mass is 9.66. The first-order chi connectivity index (χ1) is 17.6. The van der Waals surface area contributed by atoms with Gasteiger partial charge in [-0.05, 0) is 80.9 Å². The molecule has 0 fully saturated rings. The Morgan fingerprint density at radius 1 is 1.14 bits per heavy atom. The molecule has 0 spiro atoms. The number of aliphatic hydroxyl groups excluding tert-OH is 2. The van der Waals surface area contributed by atoms with Crippen LogP contribution in [0.15, 0.2) is 42.0 Å². The zero-order valence-electron chi connectivity index (χ0n) is 22.4. The SMILES string of the molecule is CCC(Oc1c(C)cccc1C)C(=O)OC1CCC=C2C=CC(C)C(CCC(O)CC(O)CC(=O)O)C21. The number of para-hydroxylation sites is 1. The van der Waals surface area contributed by atoms with Crippen molar-refractivity contribution in [1.82, 2.24) is 0 Å². The van der Waals surface area contributed by atoms with Gasteiger partial charge in [0.25, 0.3) is 0 Å². The van der Waals surface area contributed by atoms with Gasteiger partial charge in [-0.1, -0.05) is 50.3 Å². The summed E-state index contributed by atoms with van der Waals surface area (Å²) >= 11 is 0. The molecular formula is C30H42O7. The lowest BCUT2D eigenvalue weighted by molar-refractivity contribution is -0.162. The molecule has 1 aromatic rings. The Bertz CT molecular complexity index is 977. The highest BCUT2D eigenvalue weighted by molar-refractivity contribution is 5.75. The van der Waals surface area contributed by atoms with E-state index in [0.717, 1.165) is 35.3 Å². The fourth-order valence-electron chi connectivity index (χ4n) is 5.71. The van der Waals surface area contributed by atoms with Gasteiger partial charge in [0.2, 0.25) is 0 Å². The van der Waals surface area contributed by atoms with Crippen LogP contribution in [0.25, 0.3) is 0 Å². The molecule has 3 N–H and O–H groups in total. The van der Waals surface area contributed by atoms with Crippen LogP contribution in [0.1, 0.15) is 69.9 Å². The van der Waals surface area contributed by atoms with E-state index < -0.39 is 24.3 Å². The third-order valence-corrected chi connectivity index (χ3v) is 7.70. The normalized spacial score (nSPS) is 25.4. The number of ether oxygens (including phenoxy) is 2. The maximum absolute atomic E-state index is 13.3. The Labute approximate surface area is 220 Å². The Hall–Kier alpha value is -2.64. The quantitative estimate of drug-likeness (QED) is 0.340. The molecule has 0 aromatic heterocycles. The van der Waals surface area contributed by atoms with E-state index in [2.05, 4.69) is 25.2 Å². The van der Waals surface area contributed by atoms with Crippen molar-refractivity contribution < 1.29 is 34.4 Å². The molecule has 7 heteroatoms. The smallest absolute Gasteiger partial charge is 0.347 e. The minimum absolute atomic E-state index is 0.0200. The molecule has 0 radical (unpaired) electrons. The van der Waals surface area contributed by atoms with Gasteiger partial charge < -0.3 is 24.8 Å². The Kier molecular flexibility index (Phi) is 10.4. The molecule has 0 aliphatic heterocycles. The summed E-state index contributed by atoms with van der Waals surface area (Å²) in [6, 6.07) is 5.90. The summed E-state index contributed by atoms with van der Waals surface area (Å²) in [6.45, 7) is 7.98. The first-order valence-corrected chi connectivity index (χ1v) is 13.5. The molecule has 204 valence electrons. The Morgan fingerprint density at radius 3 is 2.49 bits per heavy atom. The summed E-state index contributed by atoms with van der Waals surface area (Å²) < 4.78 is 12.3. The maximum atomic E-state index is 13.3. The van der Waals surface area contributed by atoms with E-state index in [9.17, 15) is 19.8 Å². The van der Waals surface area contributed by atoms with E-state index in [0.29, 0.717) is 19.3 Å². The molecule has 0 saturated heterocycles. The van der Waals surface area contributed by atoms with E-state index >= 15 is 0 Å². The zero-order chi connectivity index (χ0) is 27.1. The van der Waals surface area contributed by atoms with Crippen LogP contribution in [-0.4, -0.2) is 51.7 Å². The lowest BCUT2D eigenvalue weighted by Crippen LogP contribution is -2.42. The molecule has 0 saturated carbocycles. The molecule has 7 atom stereocenters. The van der Waals surface area contributed by atoms with Crippen molar-refractivity contribution in [3.8, 4) is 5.75 Å². The maximum Gasteiger partial charge on any atom is 0.347 e. The fraction of sp³-hybridized carbons (Fsp3) is 0.600. The fourth-order valence-corrected chi connectivity index (χ4v) is 5.71. The minimum atomic E-state index is -1.08. The van der Waals surface area contributed by atoms with Crippen molar-refractivity contribution in [3.63, 3.8) is 0 Å². The van der Waals surface area contributed by atoms with Gasteiger partial charge in [-0.3, -0.25) is 4.79 Å². The van der Waals surface area contributed by atoms with E-state index in [1.165, 1.54) is 0 Å². The number of allylic oxidation sites excluding steroid dienone is 3. The van der Waals surface area contributed by atoms with Crippen LogP contribution in [0.2, 0.25) is 0 Å². The number of aliphatic hydroxyl groups is 2. The monoisotopic (exact) mass is 514 g/mol. The van der Waals surface area contributed by atoms with E-state index in [1.807, 2.05) is 39.0 Å². The minimum Gasteiger partial charge on any atom is -0.481 e. The highest BCUT2D eigenvalue weighted by atomic mass is 16.6. The van der Waals surface area contributed by atoms with Gasteiger partial charge in [-0.2, -0.15) is 0 Å². The standard InChI is InChI=1S/C30H42O7/c1-5-25(36-29-19(3)8-6-9-20(29)4)30(35)37-26-11-7-10-21-13-12-18(2)24(28(21)26)15-14-22(31)16-23(32)17-27(33)34/h6,8-10,12-13,18,22-26,28,31-32H,5,7,11,14-17H2,1-4H3,(H,33,34). The van der Waals surface area contributed by atoms with Gasteiger partial charge >= 0.3 is 11.9 Å². The van der Waals surface area contributed by atoms with Crippen LogP contribution in [-0.2, 0) is 14.3 Å². The average molecular weight is 515 g/mol.